The van der Waals surface area contributed by atoms with Gasteiger partial charge in [-0.15, -0.1) is 0 Å². The second kappa shape index (κ2) is 4.44. The Morgan fingerprint density at radius 1 is 1.36 bits per heavy atom. The van der Waals surface area contributed by atoms with Crippen LogP contribution in [0.25, 0.3) is 0 Å². The highest BCUT2D eigenvalue weighted by atomic mass is 16.4. The Balaban J connectivity index is 2.71. The zero-order valence-electron chi connectivity index (χ0n) is 8.62. The number of carbonyl (C=O) groups excluding carboxylic acids is 1. The fourth-order valence-electron chi connectivity index (χ4n) is 2.22. The van der Waals surface area contributed by atoms with E-state index in [1.807, 2.05) is 6.92 Å². The molecule has 3 unspecified atom stereocenters. The monoisotopic (exact) mass is 199 g/mol. The molecule has 0 spiro atoms. The van der Waals surface area contributed by atoms with Gasteiger partial charge in [0.05, 0.1) is 11.8 Å². The van der Waals surface area contributed by atoms with E-state index in [0.717, 1.165) is 6.42 Å². The second-order valence-corrected chi connectivity index (χ2v) is 3.91. The van der Waals surface area contributed by atoms with Gasteiger partial charge in [-0.25, -0.2) is 0 Å². The van der Waals surface area contributed by atoms with E-state index in [0.29, 0.717) is 18.8 Å². The normalized spacial score (nSPS) is 31.4. The molecule has 1 saturated carbocycles. The van der Waals surface area contributed by atoms with E-state index in [1.54, 1.807) is 7.05 Å². The van der Waals surface area contributed by atoms with Gasteiger partial charge in [0.25, 0.3) is 0 Å². The van der Waals surface area contributed by atoms with Crippen LogP contribution < -0.4 is 5.32 Å². The highest BCUT2D eigenvalue weighted by Crippen LogP contribution is 2.38. The van der Waals surface area contributed by atoms with Crippen LogP contribution in [0.5, 0.6) is 0 Å². The summed E-state index contributed by atoms with van der Waals surface area (Å²) < 4.78 is 0. The van der Waals surface area contributed by atoms with Crippen molar-refractivity contribution in [2.24, 2.45) is 17.8 Å². The summed E-state index contributed by atoms with van der Waals surface area (Å²) in [6.07, 6.45) is 2.31. The molecule has 0 aromatic carbocycles. The van der Waals surface area contributed by atoms with Crippen LogP contribution in [0, 0.1) is 17.8 Å². The summed E-state index contributed by atoms with van der Waals surface area (Å²) >= 11 is 0. The molecule has 0 aliphatic heterocycles. The number of rotatable bonds is 3. The summed E-state index contributed by atoms with van der Waals surface area (Å²) in [5.41, 5.74) is 0. The number of carbonyl (C=O) groups is 2. The highest BCUT2D eigenvalue weighted by molar-refractivity contribution is 5.85. The van der Waals surface area contributed by atoms with Crippen molar-refractivity contribution in [3.63, 3.8) is 0 Å². The van der Waals surface area contributed by atoms with E-state index in [4.69, 9.17) is 5.11 Å². The van der Waals surface area contributed by atoms with E-state index in [-0.39, 0.29) is 11.8 Å². The molecule has 1 fully saturated rings. The minimum atomic E-state index is -0.838. The summed E-state index contributed by atoms with van der Waals surface area (Å²) in [5, 5.41) is 11.5. The molecule has 1 aliphatic carbocycles. The standard InChI is InChI=1S/C10H17NO3/c1-3-6-4-7(9(12)11-2)8(5-6)10(13)14/h6-8H,3-5H2,1-2H3,(H,11,12)(H,13,14). The third-order valence-corrected chi connectivity index (χ3v) is 3.14. The van der Waals surface area contributed by atoms with Crippen LogP contribution in [0.15, 0.2) is 0 Å². The quantitative estimate of drug-likeness (QED) is 0.708. The van der Waals surface area contributed by atoms with E-state index in [1.165, 1.54) is 0 Å². The number of carboxylic acid groups (broad SMARTS) is 1. The Bertz CT molecular complexity index is 240. The van der Waals surface area contributed by atoms with Gasteiger partial charge in [0.2, 0.25) is 5.91 Å². The van der Waals surface area contributed by atoms with Gasteiger partial charge in [0.1, 0.15) is 0 Å². The molecule has 0 radical (unpaired) electrons. The lowest BCUT2D eigenvalue weighted by molar-refractivity contribution is -0.146. The van der Waals surface area contributed by atoms with Crippen LogP contribution in [0.2, 0.25) is 0 Å². The number of nitrogens with one attached hydrogen (secondary N) is 1. The van der Waals surface area contributed by atoms with Gasteiger partial charge >= 0.3 is 5.97 Å². The van der Waals surface area contributed by atoms with E-state index in [2.05, 4.69) is 5.32 Å². The van der Waals surface area contributed by atoms with Crippen molar-refractivity contribution in [3.05, 3.63) is 0 Å². The highest BCUT2D eigenvalue weighted by Gasteiger charge is 2.41. The predicted octanol–water partition coefficient (Wildman–Crippen LogP) is 0.869. The van der Waals surface area contributed by atoms with Gasteiger partial charge in [0, 0.05) is 7.05 Å². The molecule has 1 rings (SSSR count). The summed E-state index contributed by atoms with van der Waals surface area (Å²) in [4.78, 5) is 22.3. The fraction of sp³-hybridized carbons (Fsp3) is 0.800. The maximum atomic E-state index is 11.4. The van der Waals surface area contributed by atoms with Gasteiger partial charge in [-0.05, 0) is 18.8 Å². The first kappa shape index (κ1) is 11.0. The predicted molar refractivity (Wildman–Crippen MR) is 51.7 cm³/mol. The van der Waals surface area contributed by atoms with Crippen molar-refractivity contribution in [1.29, 1.82) is 0 Å². The summed E-state index contributed by atoms with van der Waals surface area (Å²) in [6.45, 7) is 2.04. The summed E-state index contributed by atoms with van der Waals surface area (Å²) in [7, 11) is 1.56. The zero-order valence-corrected chi connectivity index (χ0v) is 8.62. The first-order valence-corrected chi connectivity index (χ1v) is 5.04. The lowest BCUT2D eigenvalue weighted by Gasteiger charge is -2.12. The molecule has 1 aliphatic rings. The first-order valence-electron chi connectivity index (χ1n) is 5.04. The van der Waals surface area contributed by atoms with Gasteiger partial charge in [-0.3, -0.25) is 9.59 Å². The van der Waals surface area contributed by atoms with Crippen molar-refractivity contribution in [2.75, 3.05) is 7.05 Å². The Labute approximate surface area is 83.7 Å². The Morgan fingerprint density at radius 3 is 2.36 bits per heavy atom. The topological polar surface area (TPSA) is 66.4 Å². The van der Waals surface area contributed by atoms with Crippen molar-refractivity contribution >= 4 is 11.9 Å². The average molecular weight is 199 g/mol. The second-order valence-electron chi connectivity index (χ2n) is 3.91. The van der Waals surface area contributed by atoms with Gasteiger partial charge in [0.15, 0.2) is 0 Å². The van der Waals surface area contributed by atoms with Crippen LogP contribution >= 0.6 is 0 Å². The third kappa shape index (κ3) is 2.05. The minimum Gasteiger partial charge on any atom is -0.481 e. The smallest absolute Gasteiger partial charge is 0.307 e. The SMILES string of the molecule is CCC1CC(C(=O)O)C(C(=O)NC)C1. The lowest BCUT2D eigenvalue weighted by atomic mass is 9.95. The molecule has 14 heavy (non-hydrogen) atoms. The molecular formula is C10H17NO3. The van der Waals surface area contributed by atoms with Gasteiger partial charge in [-0.1, -0.05) is 13.3 Å². The van der Waals surface area contributed by atoms with Crippen LogP contribution in [0.1, 0.15) is 26.2 Å². The van der Waals surface area contributed by atoms with Crippen LogP contribution in [0.4, 0.5) is 0 Å². The number of amides is 1. The van der Waals surface area contributed by atoms with E-state index in [9.17, 15) is 9.59 Å². The number of hydrogen-bond acceptors (Lipinski definition) is 2. The van der Waals surface area contributed by atoms with E-state index >= 15 is 0 Å². The molecule has 80 valence electrons. The van der Waals surface area contributed by atoms with Crippen LogP contribution in [-0.2, 0) is 9.59 Å². The number of carboxylic acids is 1. The number of hydrogen-bond donors (Lipinski definition) is 2. The maximum Gasteiger partial charge on any atom is 0.307 e. The number of aliphatic carboxylic acids is 1. The molecule has 4 heteroatoms. The van der Waals surface area contributed by atoms with Gasteiger partial charge < -0.3 is 10.4 Å². The van der Waals surface area contributed by atoms with Gasteiger partial charge in [-0.2, -0.15) is 0 Å². The lowest BCUT2D eigenvalue weighted by Crippen LogP contribution is -2.32. The van der Waals surface area contributed by atoms with Crippen LogP contribution in [-0.4, -0.2) is 24.0 Å². The first-order chi connectivity index (χ1) is 6.60. The summed E-state index contributed by atoms with van der Waals surface area (Å²) in [5.74, 6) is -1.40. The molecule has 0 bridgehead atoms. The van der Waals surface area contributed by atoms with Crippen molar-refractivity contribution < 1.29 is 14.7 Å². The summed E-state index contributed by atoms with van der Waals surface area (Å²) in [6, 6.07) is 0. The fourth-order valence-corrected chi connectivity index (χ4v) is 2.22. The van der Waals surface area contributed by atoms with Crippen LogP contribution in [0.3, 0.4) is 0 Å². The molecule has 2 N–H and O–H groups in total. The maximum absolute atomic E-state index is 11.4. The molecule has 0 aromatic heterocycles. The van der Waals surface area contributed by atoms with Crippen molar-refractivity contribution in [3.8, 4) is 0 Å². The van der Waals surface area contributed by atoms with Crippen molar-refractivity contribution in [1.82, 2.24) is 5.32 Å². The Kier molecular flexibility index (Phi) is 3.49. The molecule has 1 amide bonds. The molecular weight excluding hydrogens is 182 g/mol. The zero-order chi connectivity index (χ0) is 10.7. The Hall–Kier alpha value is -1.06. The molecule has 4 nitrogen and oxygen atoms in total. The molecule has 0 saturated heterocycles. The third-order valence-electron chi connectivity index (χ3n) is 3.14. The Morgan fingerprint density at radius 2 is 1.93 bits per heavy atom. The van der Waals surface area contributed by atoms with E-state index < -0.39 is 11.9 Å². The molecule has 0 heterocycles. The van der Waals surface area contributed by atoms with Crippen molar-refractivity contribution in [2.45, 2.75) is 26.2 Å². The minimum absolute atomic E-state index is 0.131. The molecule has 0 aromatic rings. The molecule has 3 atom stereocenters. The largest absolute Gasteiger partial charge is 0.481 e. The average Bonchev–Trinajstić information content (AvgIpc) is 2.60.